The molecule has 0 aliphatic rings. The Morgan fingerprint density at radius 3 is 2.50 bits per heavy atom. The van der Waals surface area contributed by atoms with Crippen LogP contribution < -0.4 is 0 Å². The lowest BCUT2D eigenvalue weighted by atomic mass is 9.95. The highest BCUT2D eigenvalue weighted by Gasteiger charge is 2.26. The van der Waals surface area contributed by atoms with Crippen molar-refractivity contribution in [3.05, 3.63) is 40.4 Å². The summed E-state index contributed by atoms with van der Waals surface area (Å²) in [6.45, 7) is 7.77. The average molecular weight is 294 g/mol. The van der Waals surface area contributed by atoms with Crippen LogP contribution in [-0.4, -0.2) is 25.8 Å². The van der Waals surface area contributed by atoms with E-state index in [1.807, 2.05) is 45.9 Å². The lowest BCUT2D eigenvalue weighted by molar-refractivity contribution is 0.0683. The molecule has 0 saturated carbocycles. The summed E-state index contributed by atoms with van der Waals surface area (Å²) in [6.07, 6.45) is 0. The minimum atomic E-state index is -1.16. The number of aromatic carboxylic acids is 1. The van der Waals surface area contributed by atoms with E-state index in [-0.39, 0.29) is 11.2 Å². The summed E-state index contributed by atoms with van der Waals surface area (Å²) >= 11 is 6.24. The number of hydrogen-bond acceptors (Lipinski definition) is 3. The number of hydrogen-bond donors (Lipinski definition) is 1. The number of benzene rings is 1. The summed E-state index contributed by atoms with van der Waals surface area (Å²) in [5, 5.41) is 13.6. The molecule has 5 nitrogen and oxygen atoms in total. The van der Waals surface area contributed by atoms with E-state index < -0.39 is 5.97 Å². The molecule has 6 heteroatoms. The van der Waals surface area contributed by atoms with Crippen molar-refractivity contribution in [2.45, 2.75) is 33.1 Å². The van der Waals surface area contributed by atoms with E-state index in [0.717, 1.165) is 5.56 Å². The quantitative estimate of drug-likeness (QED) is 0.923. The van der Waals surface area contributed by atoms with E-state index >= 15 is 0 Å². The molecule has 106 valence electrons. The predicted octanol–water partition coefficient (Wildman–Crippen LogP) is 3.22. The third-order valence-electron chi connectivity index (χ3n) is 2.80. The van der Waals surface area contributed by atoms with Gasteiger partial charge in [-0.2, -0.15) is 0 Å². The monoisotopic (exact) mass is 293 g/mol. The van der Waals surface area contributed by atoms with Crippen LogP contribution in [0.5, 0.6) is 0 Å². The normalized spacial score (nSPS) is 11.7. The molecule has 0 radical (unpaired) electrons. The number of aryl methyl sites for hydroxylation is 1. The number of carbonyl (C=O) groups is 1. The third-order valence-corrected chi connectivity index (χ3v) is 3.10. The van der Waals surface area contributed by atoms with Crippen LogP contribution in [0.3, 0.4) is 0 Å². The first-order valence-corrected chi connectivity index (χ1v) is 6.55. The zero-order chi connectivity index (χ0) is 15.1. The van der Waals surface area contributed by atoms with Gasteiger partial charge in [-0.3, -0.25) is 0 Å². The Labute approximate surface area is 122 Å². The number of aromatic nitrogens is 3. The van der Waals surface area contributed by atoms with E-state index in [0.29, 0.717) is 16.5 Å². The molecule has 1 aromatic heterocycles. The van der Waals surface area contributed by atoms with Crippen LogP contribution in [0.25, 0.3) is 5.69 Å². The van der Waals surface area contributed by atoms with Crippen molar-refractivity contribution in [3.63, 3.8) is 0 Å². The second-order valence-corrected chi connectivity index (χ2v) is 6.09. The molecule has 1 heterocycles. The highest BCUT2D eigenvalue weighted by Crippen LogP contribution is 2.27. The van der Waals surface area contributed by atoms with Crippen LogP contribution in [0, 0.1) is 6.92 Å². The predicted molar refractivity (Wildman–Crippen MR) is 76.8 cm³/mol. The fourth-order valence-electron chi connectivity index (χ4n) is 1.84. The van der Waals surface area contributed by atoms with Crippen LogP contribution in [-0.2, 0) is 5.41 Å². The van der Waals surface area contributed by atoms with Crippen molar-refractivity contribution < 1.29 is 9.90 Å². The molecule has 2 aromatic rings. The summed E-state index contributed by atoms with van der Waals surface area (Å²) in [5.41, 5.74) is 1.30. The molecule has 0 amide bonds. The molecule has 0 atom stereocenters. The van der Waals surface area contributed by atoms with Gasteiger partial charge in [-0.15, -0.1) is 5.10 Å². The summed E-state index contributed by atoms with van der Waals surface area (Å²) in [5.74, 6) is -0.829. The van der Waals surface area contributed by atoms with Crippen molar-refractivity contribution in [2.24, 2.45) is 0 Å². The minimum absolute atomic E-state index is 0.230. The van der Waals surface area contributed by atoms with Gasteiger partial charge < -0.3 is 5.11 Å². The molecule has 0 unspecified atom stereocenters. The third kappa shape index (κ3) is 2.67. The number of carboxylic acid groups (broad SMARTS) is 1. The van der Waals surface area contributed by atoms with Gasteiger partial charge in [-0.25, -0.2) is 14.5 Å². The van der Waals surface area contributed by atoms with E-state index in [1.54, 1.807) is 0 Å². The van der Waals surface area contributed by atoms with Gasteiger partial charge in [0.2, 0.25) is 0 Å². The molecular weight excluding hydrogens is 278 g/mol. The van der Waals surface area contributed by atoms with Gasteiger partial charge in [-0.1, -0.05) is 38.4 Å². The first-order chi connectivity index (χ1) is 9.20. The smallest absolute Gasteiger partial charge is 0.375 e. The molecule has 0 aliphatic heterocycles. The largest absolute Gasteiger partial charge is 0.475 e. The number of nitrogens with zero attached hydrogens (tertiary/aromatic N) is 3. The maximum Gasteiger partial charge on any atom is 0.375 e. The molecule has 0 bridgehead atoms. The van der Waals surface area contributed by atoms with Crippen LogP contribution in [0.15, 0.2) is 18.2 Å². The summed E-state index contributed by atoms with van der Waals surface area (Å²) in [6, 6.07) is 5.52. The SMILES string of the molecule is Cc1ccc(-n2nc(C(=O)O)nc2C(C)(C)C)c(Cl)c1. The van der Waals surface area contributed by atoms with Crippen molar-refractivity contribution >= 4 is 17.6 Å². The summed E-state index contributed by atoms with van der Waals surface area (Å²) < 4.78 is 1.51. The molecule has 0 fully saturated rings. The first kappa shape index (κ1) is 14.5. The van der Waals surface area contributed by atoms with Crippen LogP contribution in [0.2, 0.25) is 5.02 Å². The van der Waals surface area contributed by atoms with Crippen LogP contribution in [0.4, 0.5) is 0 Å². The minimum Gasteiger partial charge on any atom is -0.475 e. The molecule has 1 N–H and O–H groups in total. The highest BCUT2D eigenvalue weighted by molar-refractivity contribution is 6.32. The van der Waals surface area contributed by atoms with Crippen molar-refractivity contribution in [3.8, 4) is 5.69 Å². The van der Waals surface area contributed by atoms with Gasteiger partial charge in [-0.05, 0) is 24.6 Å². The number of halogens is 1. The lowest BCUT2D eigenvalue weighted by Crippen LogP contribution is -2.19. The standard InChI is InChI=1S/C14H16ClN3O2/c1-8-5-6-10(9(15)7-8)18-13(14(2,3)4)16-11(17-18)12(19)20/h5-7H,1-4H3,(H,19,20). The Morgan fingerprint density at radius 1 is 1.35 bits per heavy atom. The van der Waals surface area contributed by atoms with E-state index in [2.05, 4.69) is 10.1 Å². The topological polar surface area (TPSA) is 68.0 Å². The maximum absolute atomic E-state index is 11.1. The van der Waals surface area contributed by atoms with Gasteiger partial charge in [0.05, 0.1) is 10.7 Å². The van der Waals surface area contributed by atoms with E-state index in [1.165, 1.54) is 4.68 Å². The van der Waals surface area contributed by atoms with Gasteiger partial charge in [0.25, 0.3) is 5.82 Å². The van der Waals surface area contributed by atoms with Gasteiger partial charge in [0.1, 0.15) is 5.82 Å². The van der Waals surface area contributed by atoms with Gasteiger partial charge >= 0.3 is 5.97 Å². The lowest BCUT2D eigenvalue weighted by Gasteiger charge is -2.18. The molecule has 0 saturated heterocycles. The molecule has 20 heavy (non-hydrogen) atoms. The molecule has 0 aliphatic carbocycles. The Morgan fingerprint density at radius 2 is 2.00 bits per heavy atom. The first-order valence-electron chi connectivity index (χ1n) is 6.17. The zero-order valence-electron chi connectivity index (χ0n) is 11.8. The van der Waals surface area contributed by atoms with Crippen LogP contribution in [0.1, 0.15) is 42.8 Å². The van der Waals surface area contributed by atoms with Crippen molar-refractivity contribution in [1.82, 2.24) is 14.8 Å². The summed E-state index contributed by atoms with van der Waals surface area (Å²) in [4.78, 5) is 15.2. The summed E-state index contributed by atoms with van der Waals surface area (Å²) in [7, 11) is 0. The fraction of sp³-hybridized carbons (Fsp3) is 0.357. The fourth-order valence-corrected chi connectivity index (χ4v) is 2.15. The average Bonchev–Trinajstić information content (AvgIpc) is 2.73. The Bertz CT molecular complexity index is 672. The second kappa shape index (κ2) is 4.90. The van der Waals surface area contributed by atoms with Gasteiger partial charge in [0, 0.05) is 5.41 Å². The molecular formula is C14H16ClN3O2. The Hall–Kier alpha value is -1.88. The maximum atomic E-state index is 11.1. The molecule has 1 aromatic carbocycles. The van der Waals surface area contributed by atoms with Crippen LogP contribution >= 0.6 is 11.6 Å². The zero-order valence-corrected chi connectivity index (χ0v) is 12.6. The molecule has 2 rings (SSSR count). The Balaban J connectivity index is 2.69. The van der Waals surface area contributed by atoms with Crippen molar-refractivity contribution in [2.75, 3.05) is 0 Å². The van der Waals surface area contributed by atoms with E-state index in [4.69, 9.17) is 16.7 Å². The Kier molecular flexibility index (Phi) is 3.56. The van der Waals surface area contributed by atoms with E-state index in [9.17, 15) is 4.79 Å². The number of rotatable bonds is 2. The second-order valence-electron chi connectivity index (χ2n) is 5.68. The van der Waals surface area contributed by atoms with Gasteiger partial charge in [0.15, 0.2) is 0 Å². The number of carboxylic acids is 1. The van der Waals surface area contributed by atoms with Crippen molar-refractivity contribution in [1.29, 1.82) is 0 Å². The highest BCUT2D eigenvalue weighted by atomic mass is 35.5. The molecule has 0 spiro atoms.